The fraction of sp³-hybridized carbons (Fsp3) is 0.281. The van der Waals surface area contributed by atoms with Gasteiger partial charge in [-0.25, -0.2) is 9.97 Å². The highest BCUT2D eigenvalue weighted by molar-refractivity contribution is 5.92. The Labute approximate surface area is 256 Å². The summed E-state index contributed by atoms with van der Waals surface area (Å²) in [4.78, 5) is 51.1. The lowest BCUT2D eigenvalue weighted by Gasteiger charge is -2.34. The van der Waals surface area contributed by atoms with E-state index in [1.807, 2.05) is 43.0 Å². The Hall–Kier alpha value is -5.23. The van der Waals surface area contributed by atoms with E-state index < -0.39 is 0 Å². The van der Waals surface area contributed by atoms with Crippen LogP contribution in [0.25, 0.3) is 0 Å². The summed E-state index contributed by atoms with van der Waals surface area (Å²) in [5.74, 6) is 1.35. The quantitative estimate of drug-likeness (QED) is 0.244. The molecular weight excluding hydrogens is 558 g/mol. The standard InChI is InChI=1S/C32H35N9O3/c1-5-25(42)17-24-16-23(20-40-12-14-41(15-13-40)30(43)27-8-6-7-11-33-27)9-10-26(24)36-28-21(2)18-34-31(37-28)38-29-22(3)19-35-32(39-29)44-4/h5-11,16,18-19H,1,12-15,17,20H2,2-4H3,(H2,34,35,36,37,38,39). The molecule has 2 N–H and O–H groups in total. The average molecular weight is 594 g/mol. The molecule has 1 aromatic carbocycles. The van der Waals surface area contributed by atoms with E-state index in [0.29, 0.717) is 42.9 Å². The van der Waals surface area contributed by atoms with Gasteiger partial charge in [0.2, 0.25) is 5.95 Å². The Morgan fingerprint density at radius 3 is 2.41 bits per heavy atom. The van der Waals surface area contributed by atoms with Crippen LogP contribution in [-0.4, -0.2) is 79.7 Å². The van der Waals surface area contributed by atoms with Crippen LogP contribution in [0.3, 0.4) is 0 Å². The van der Waals surface area contributed by atoms with Crippen LogP contribution in [0.15, 0.2) is 67.6 Å². The number of nitrogens with zero attached hydrogens (tertiary/aromatic N) is 7. The molecule has 4 heterocycles. The molecule has 1 amide bonds. The summed E-state index contributed by atoms with van der Waals surface area (Å²) in [6.45, 7) is 10.9. The normalized spacial score (nSPS) is 13.3. The molecule has 0 spiro atoms. The molecule has 1 saturated heterocycles. The predicted octanol–water partition coefficient (Wildman–Crippen LogP) is 4.03. The highest BCUT2D eigenvalue weighted by Crippen LogP contribution is 2.26. The molecule has 0 atom stereocenters. The van der Waals surface area contributed by atoms with Crippen LogP contribution in [0, 0.1) is 13.8 Å². The second-order valence-corrected chi connectivity index (χ2v) is 10.5. The van der Waals surface area contributed by atoms with Crippen LogP contribution in [0.4, 0.5) is 23.3 Å². The number of anilines is 4. The van der Waals surface area contributed by atoms with E-state index in [1.54, 1.807) is 30.7 Å². The number of ether oxygens (including phenoxy) is 1. The van der Waals surface area contributed by atoms with Gasteiger partial charge in [-0.2, -0.15) is 9.97 Å². The fourth-order valence-electron chi connectivity index (χ4n) is 4.81. The van der Waals surface area contributed by atoms with Crippen molar-refractivity contribution in [3.05, 3.63) is 95.6 Å². The number of carbonyl (C=O) groups excluding carboxylic acids is 2. The maximum Gasteiger partial charge on any atom is 0.318 e. The number of allylic oxidation sites excluding steroid dienone is 1. The zero-order valence-corrected chi connectivity index (χ0v) is 25.1. The van der Waals surface area contributed by atoms with Crippen LogP contribution >= 0.6 is 0 Å². The Balaban J connectivity index is 1.30. The first-order valence-electron chi connectivity index (χ1n) is 14.3. The van der Waals surface area contributed by atoms with E-state index in [4.69, 9.17) is 4.74 Å². The minimum atomic E-state index is -0.0817. The highest BCUT2D eigenvalue weighted by atomic mass is 16.5. The van der Waals surface area contributed by atoms with E-state index in [9.17, 15) is 9.59 Å². The maximum absolute atomic E-state index is 12.8. The van der Waals surface area contributed by atoms with Crippen LogP contribution in [0.2, 0.25) is 0 Å². The number of hydrogen-bond donors (Lipinski definition) is 2. The molecular formula is C32H35N9O3. The largest absolute Gasteiger partial charge is 0.467 e. The summed E-state index contributed by atoms with van der Waals surface area (Å²) in [5.41, 5.74) is 4.78. The van der Waals surface area contributed by atoms with Gasteiger partial charge in [0.1, 0.15) is 17.3 Å². The van der Waals surface area contributed by atoms with Crippen molar-refractivity contribution in [2.45, 2.75) is 26.8 Å². The second-order valence-electron chi connectivity index (χ2n) is 10.5. The van der Waals surface area contributed by atoms with Gasteiger partial charge in [-0.1, -0.05) is 24.8 Å². The molecule has 1 aliphatic rings. The van der Waals surface area contributed by atoms with E-state index in [1.165, 1.54) is 13.2 Å². The summed E-state index contributed by atoms with van der Waals surface area (Å²) >= 11 is 0. The number of hydrogen-bond acceptors (Lipinski definition) is 11. The molecule has 3 aromatic heterocycles. The number of aromatic nitrogens is 5. The van der Waals surface area contributed by atoms with E-state index in [2.05, 4.69) is 47.0 Å². The molecule has 1 aliphatic heterocycles. The minimum absolute atomic E-state index is 0.0452. The molecule has 44 heavy (non-hydrogen) atoms. The molecule has 226 valence electrons. The van der Waals surface area contributed by atoms with Crippen molar-refractivity contribution in [3.63, 3.8) is 0 Å². The number of methoxy groups -OCH3 is 1. The molecule has 5 rings (SSSR count). The number of benzene rings is 1. The smallest absolute Gasteiger partial charge is 0.318 e. The Morgan fingerprint density at radius 2 is 1.70 bits per heavy atom. The summed E-state index contributed by atoms with van der Waals surface area (Å²) in [5, 5.41) is 6.54. The van der Waals surface area contributed by atoms with Gasteiger partial charge >= 0.3 is 6.01 Å². The van der Waals surface area contributed by atoms with E-state index in [-0.39, 0.29) is 24.1 Å². The SMILES string of the molecule is C=CC(=O)Cc1cc(CN2CCN(C(=O)c3ccccn3)CC2)ccc1Nc1nc(Nc2nc(OC)ncc2C)ncc1C. The molecule has 0 saturated carbocycles. The van der Waals surface area contributed by atoms with Crippen molar-refractivity contribution in [1.82, 2.24) is 34.7 Å². The first kappa shape index (κ1) is 30.2. The number of carbonyl (C=O) groups is 2. The Kier molecular flexibility index (Phi) is 9.50. The third-order valence-electron chi connectivity index (χ3n) is 7.30. The van der Waals surface area contributed by atoms with Crippen LogP contribution in [0.1, 0.15) is 32.7 Å². The van der Waals surface area contributed by atoms with Gasteiger partial charge in [-0.05, 0) is 49.2 Å². The number of rotatable bonds is 11. The Morgan fingerprint density at radius 1 is 0.955 bits per heavy atom. The van der Waals surface area contributed by atoms with Gasteiger partial charge in [0.25, 0.3) is 5.91 Å². The predicted molar refractivity (Wildman–Crippen MR) is 167 cm³/mol. The van der Waals surface area contributed by atoms with E-state index >= 15 is 0 Å². The number of ketones is 1. The van der Waals surface area contributed by atoms with Crippen LogP contribution in [-0.2, 0) is 17.8 Å². The van der Waals surface area contributed by atoms with Crippen molar-refractivity contribution in [3.8, 4) is 6.01 Å². The molecule has 0 radical (unpaired) electrons. The lowest BCUT2D eigenvalue weighted by Crippen LogP contribution is -2.48. The van der Waals surface area contributed by atoms with Crippen molar-refractivity contribution in [2.75, 3.05) is 43.9 Å². The molecule has 4 aromatic rings. The van der Waals surface area contributed by atoms with Gasteiger partial charge < -0.3 is 20.3 Å². The molecule has 12 heteroatoms. The van der Waals surface area contributed by atoms with Crippen LogP contribution in [0.5, 0.6) is 6.01 Å². The van der Waals surface area contributed by atoms with Crippen molar-refractivity contribution in [2.24, 2.45) is 0 Å². The summed E-state index contributed by atoms with van der Waals surface area (Å²) < 4.78 is 5.14. The van der Waals surface area contributed by atoms with Crippen LogP contribution < -0.4 is 15.4 Å². The maximum atomic E-state index is 12.8. The Bertz CT molecular complexity index is 1650. The number of aryl methyl sites for hydroxylation is 2. The molecule has 0 aliphatic carbocycles. The summed E-state index contributed by atoms with van der Waals surface area (Å²) in [6.07, 6.45) is 6.54. The van der Waals surface area contributed by atoms with E-state index in [0.717, 1.165) is 41.0 Å². The summed E-state index contributed by atoms with van der Waals surface area (Å²) in [6, 6.07) is 11.7. The second kappa shape index (κ2) is 13.8. The van der Waals surface area contributed by atoms with Gasteiger partial charge in [0.05, 0.1) is 7.11 Å². The lowest BCUT2D eigenvalue weighted by molar-refractivity contribution is -0.114. The zero-order chi connectivity index (χ0) is 31.1. The van der Waals surface area contributed by atoms with Gasteiger partial charge in [-0.3, -0.25) is 19.5 Å². The number of piperazine rings is 1. The van der Waals surface area contributed by atoms with Gasteiger partial charge in [0.15, 0.2) is 5.78 Å². The van der Waals surface area contributed by atoms with Gasteiger partial charge in [0, 0.05) is 74.5 Å². The van der Waals surface area contributed by atoms with Gasteiger partial charge in [-0.15, -0.1) is 0 Å². The third kappa shape index (κ3) is 7.39. The molecule has 1 fully saturated rings. The minimum Gasteiger partial charge on any atom is -0.467 e. The first-order valence-corrected chi connectivity index (χ1v) is 14.3. The van der Waals surface area contributed by atoms with Crippen molar-refractivity contribution in [1.29, 1.82) is 0 Å². The topological polar surface area (TPSA) is 138 Å². The van der Waals surface area contributed by atoms with Crippen molar-refractivity contribution < 1.29 is 14.3 Å². The monoisotopic (exact) mass is 593 g/mol. The zero-order valence-electron chi connectivity index (χ0n) is 25.1. The molecule has 0 unspecified atom stereocenters. The molecule has 0 bridgehead atoms. The van der Waals surface area contributed by atoms with Crippen molar-refractivity contribution >= 4 is 35.0 Å². The lowest BCUT2D eigenvalue weighted by atomic mass is 10.0. The number of pyridine rings is 1. The number of nitrogens with one attached hydrogen (secondary N) is 2. The fourth-order valence-corrected chi connectivity index (χ4v) is 4.81. The first-order chi connectivity index (χ1) is 21.3. The molecule has 12 nitrogen and oxygen atoms in total. The number of amides is 1. The summed E-state index contributed by atoms with van der Waals surface area (Å²) in [7, 11) is 1.51. The average Bonchev–Trinajstić information content (AvgIpc) is 3.05. The highest BCUT2D eigenvalue weighted by Gasteiger charge is 2.23. The third-order valence-corrected chi connectivity index (χ3v) is 7.30.